The highest BCUT2D eigenvalue weighted by molar-refractivity contribution is 7.89. The summed E-state index contributed by atoms with van der Waals surface area (Å²) < 4.78 is 67.2. The molecule has 0 amide bonds. The van der Waals surface area contributed by atoms with Crippen LogP contribution in [0.25, 0.3) is 0 Å². The molecule has 1 unspecified atom stereocenters. The zero-order valence-electron chi connectivity index (χ0n) is 12.6. The lowest BCUT2D eigenvalue weighted by atomic mass is 10.00. The van der Waals surface area contributed by atoms with E-state index in [1.165, 1.54) is 16.4 Å². The van der Waals surface area contributed by atoms with Gasteiger partial charge in [0.15, 0.2) is 0 Å². The number of piperidine rings is 1. The van der Waals surface area contributed by atoms with Crippen molar-refractivity contribution in [3.05, 3.63) is 24.3 Å². The average molecular weight is 352 g/mol. The Kier molecular flexibility index (Phi) is 5.53. The monoisotopic (exact) mass is 352 g/mol. The molecule has 1 aromatic carbocycles. The van der Waals surface area contributed by atoms with E-state index in [-0.39, 0.29) is 10.8 Å². The summed E-state index contributed by atoms with van der Waals surface area (Å²) in [5.74, 6) is -0.347. The zero-order valence-corrected chi connectivity index (χ0v) is 13.5. The van der Waals surface area contributed by atoms with Gasteiger partial charge in [0, 0.05) is 19.2 Å². The summed E-state index contributed by atoms with van der Waals surface area (Å²) >= 11 is 0. The van der Waals surface area contributed by atoms with E-state index < -0.39 is 22.1 Å². The Bertz CT molecular complexity index is 632. The number of sulfonamides is 1. The quantitative estimate of drug-likeness (QED) is 0.883. The SMILES string of the molecule is CNCC1CCCN(S(=O)(=O)c2cccc(OC(F)(F)F)c2)C1. The maximum atomic E-state index is 12.6. The first-order valence-corrected chi connectivity index (χ1v) is 8.67. The summed E-state index contributed by atoms with van der Waals surface area (Å²) in [6, 6.07) is 4.50. The van der Waals surface area contributed by atoms with Crippen LogP contribution >= 0.6 is 0 Å². The molecule has 1 aromatic rings. The van der Waals surface area contributed by atoms with Crippen LogP contribution in [-0.2, 0) is 10.0 Å². The van der Waals surface area contributed by atoms with Gasteiger partial charge in [-0.25, -0.2) is 8.42 Å². The number of halogens is 3. The van der Waals surface area contributed by atoms with Gasteiger partial charge in [-0.2, -0.15) is 4.31 Å². The highest BCUT2D eigenvalue weighted by Crippen LogP contribution is 2.28. The first kappa shape index (κ1) is 18.0. The van der Waals surface area contributed by atoms with Gasteiger partial charge in [-0.1, -0.05) is 6.07 Å². The van der Waals surface area contributed by atoms with E-state index in [0.29, 0.717) is 19.6 Å². The minimum atomic E-state index is -4.86. The molecule has 0 aromatic heterocycles. The number of ether oxygens (including phenoxy) is 1. The largest absolute Gasteiger partial charge is 0.573 e. The van der Waals surface area contributed by atoms with E-state index in [9.17, 15) is 21.6 Å². The summed E-state index contributed by atoms with van der Waals surface area (Å²) in [5, 5.41) is 3.02. The van der Waals surface area contributed by atoms with Crippen LogP contribution in [-0.4, -0.2) is 45.8 Å². The van der Waals surface area contributed by atoms with Crippen molar-refractivity contribution in [3.63, 3.8) is 0 Å². The van der Waals surface area contributed by atoms with Crippen molar-refractivity contribution in [2.24, 2.45) is 5.92 Å². The number of hydrogen-bond acceptors (Lipinski definition) is 4. The maximum Gasteiger partial charge on any atom is 0.573 e. The van der Waals surface area contributed by atoms with Crippen LogP contribution < -0.4 is 10.1 Å². The van der Waals surface area contributed by atoms with Crippen LogP contribution in [0, 0.1) is 5.92 Å². The van der Waals surface area contributed by atoms with Crippen LogP contribution in [0.1, 0.15) is 12.8 Å². The van der Waals surface area contributed by atoms with E-state index >= 15 is 0 Å². The van der Waals surface area contributed by atoms with Gasteiger partial charge in [0.25, 0.3) is 0 Å². The Hall–Kier alpha value is -1.32. The fourth-order valence-electron chi connectivity index (χ4n) is 2.68. The zero-order chi connectivity index (χ0) is 17.1. The van der Waals surface area contributed by atoms with Crippen LogP contribution in [0.2, 0.25) is 0 Å². The fourth-order valence-corrected chi connectivity index (χ4v) is 4.27. The predicted molar refractivity (Wildman–Crippen MR) is 78.5 cm³/mol. The molecule has 1 heterocycles. The molecule has 0 spiro atoms. The number of hydrogen-bond donors (Lipinski definition) is 1. The Morgan fingerprint density at radius 3 is 2.78 bits per heavy atom. The summed E-state index contributed by atoms with van der Waals surface area (Å²) in [4.78, 5) is -0.190. The molecule has 1 saturated heterocycles. The van der Waals surface area contributed by atoms with Crippen molar-refractivity contribution >= 4 is 10.0 Å². The molecule has 1 aliphatic rings. The molecule has 1 N–H and O–H groups in total. The average Bonchev–Trinajstić information content (AvgIpc) is 2.46. The first-order valence-electron chi connectivity index (χ1n) is 7.23. The first-order chi connectivity index (χ1) is 10.7. The molecule has 1 aliphatic heterocycles. The third-order valence-electron chi connectivity index (χ3n) is 3.65. The normalized spacial score (nSPS) is 20.4. The van der Waals surface area contributed by atoms with Crippen molar-refractivity contribution < 1.29 is 26.3 Å². The number of rotatable bonds is 5. The van der Waals surface area contributed by atoms with Crippen molar-refractivity contribution in [3.8, 4) is 5.75 Å². The molecular formula is C14H19F3N2O3S. The summed E-state index contributed by atoms with van der Waals surface area (Å²) in [7, 11) is -2.04. The molecular weight excluding hydrogens is 333 g/mol. The maximum absolute atomic E-state index is 12.6. The second-order valence-electron chi connectivity index (χ2n) is 5.45. The third-order valence-corrected chi connectivity index (χ3v) is 5.51. The molecule has 1 atom stereocenters. The standard InChI is InChI=1S/C14H19F3N2O3S/c1-18-9-11-4-3-7-19(10-11)23(20,21)13-6-2-5-12(8-13)22-14(15,16)17/h2,5-6,8,11,18H,3-4,7,9-10H2,1H3. The topological polar surface area (TPSA) is 58.6 Å². The third kappa shape index (κ3) is 4.82. The highest BCUT2D eigenvalue weighted by Gasteiger charge is 2.33. The summed E-state index contributed by atoms with van der Waals surface area (Å²) in [5.41, 5.74) is 0. The molecule has 0 aliphatic carbocycles. The van der Waals surface area contributed by atoms with Gasteiger partial charge in [-0.3, -0.25) is 0 Å². The molecule has 0 saturated carbocycles. The van der Waals surface area contributed by atoms with Gasteiger partial charge in [0.2, 0.25) is 10.0 Å². The van der Waals surface area contributed by atoms with Gasteiger partial charge in [-0.15, -0.1) is 13.2 Å². The second kappa shape index (κ2) is 7.06. The van der Waals surface area contributed by atoms with Crippen LogP contribution in [0.15, 0.2) is 29.2 Å². The number of benzene rings is 1. The molecule has 1 fully saturated rings. The van der Waals surface area contributed by atoms with E-state index in [1.54, 1.807) is 7.05 Å². The summed E-state index contributed by atoms with van der Waals surface area (Å²) in [6.45, 7) is 1.42. The Balaban J connectivity index is 2.20. The molecule has 130 valence electrons. The van der Waals surface area contributed by atoms with Crippen molar-refractivity contribution in [1.82, 2.24) is 9.62 Å². The van der Waals surface area contributed by atoms with Crippen LogP contribution in [0.3, 0.4) is 0 Å². The van der Waals surface area contributed by atoms with Gasteiger partial charge in [-0.05, 0) is 44.5 Å². The second-order valence-corrected chi connectivity index (χ2v) is 7.39. The Morgan fingerprint density at radius 1 is 1.39 bits per heavy atom. The lowest BCUT2D eigenvalue weighted by Gasteiger charge is -2.31. The smallest absolute Gasteiger partial charge is 0.406 e. The fraction of sp³-hybridized carbons (Fsp3) is 0.571. The van der Waals surface area contributed by atoms with Gasteiger partial charge >= 0.3 is 6.36 Å². The molecule has 5 nitrogen and oxygen atoms in total. The van der Waals surface area contributed by atoms with Gasteiger partial charge < -0.3 is 10.1 Å². The van der Waals surface area contributed by atoms with E-state index in [0.717, 1.165) is 25.0 Å². The number of nitrogens with one attached hydrogen (secondary N) is 1. The van der Waals surface area contributed by atoms with Crippen molar-refractivity contribution in [2.75, 3.05) is 26.7 Å². The van der Waals surface area contributed by atoms with E-state index in [4.69, 9.17) is 0 Å². The Labute approximate surface area is 133 Å². The van der Waals surface area contributed by atoms with Gasteiger partial charge in [0.1, 0.15) is 5.75 Å². The molecule has 9 heteroatoms. The summed E-state index contributed by atoms with van der Waals surface area (Å²) in [6.07, 6.45) is -3.21. The minimum Gasteiger partial charge on any atom is -0.406 e. The number of alkyl halides is 3. The van der Waals surface area contributed by atoms with E-state index in [1.807, 2.05) is 0 Å². The van der Waals surface area contributed by atoms with E-state index in [2.05, 4.69) is 10.1 Å². The molecule has 23 heavy (non-hydrogen) atoms. The van der Waals surface area contributed by atoms with Crippen molar-refractivity contribution in [1.29, 1.82) is 0 Å². The van der Waals surface area contributed by atoms with Gasteiger partial charge in [0.05, 0.1) is 4.90 Å². The highest BCUT2D eigenvalue weighted by atomic mass is 32.2. The number of nitrogens with zero attached hydrogens (tertiary/aromatic N) is 1. The molecule has 2 rings (SSSR count). The Morgan fingerprint density at radius 2 is 2.13 bits per heavy atom. The minimum absolute atomic E-state index is 0.190. The van der Waals surface area contributed by atoms with Crippen LogP contribution in [0.5, 0.6) is 5.75 Å². The molecule has 0 radical (unpaired) electrons. The van der Waals surface area contributed by atoms with Crippen LogP contribution in [0.4, 0.5) is 13.2 Å². The lowest BCUT2D eigenvalue weighted by molar-refractivity contribution is -0.274. The lowest BCUT2D eigenvalue weighted by Crippen LogP contribution is -2.42. The van der Waals surface area contributed by atoms with Crippen molar-refractivity contribution in [2.45, 2.75) is 24.1 Å². The molecule has 0 bridgehead atoms. The predicted octanol–water partition coefficient (Wildman–Crippen LogP) is 2.21.